The number of esters is 1. The van der Waals surface area contributed by atoms with E-state index in [1.165, 1.54) is 33.9 Å². The maximum atomic E-state index is 12.8. The van der Waals surface area contributed by atoms with Crippen LogP contribution in [0.15, 0.2) is 180 Å². The highest BCUT2D eigenvalue weighted by atomic mass is 16.5. The quantitative estimate of drug-likeness (QED) is 0.0927. The highest BCUT2D eigenvalue weighted by molar-refractivity contribution is 5.89. The summed E-state index contributed by atoms with van der Waals surface area (Å²) in [5, 5.41) is 10.1. The molecule has 65 heavy (non-hydrogen) atoms. The molecule has 0 amide bonds. The lowest BCUT2D eigenvalue weighted by atomic mass is 10.1. The van der Waals surface area contributed by atoms with Crippen LogP contribution in [-0.4, -0.2) is 42.8 Å². The van der Waals surface area contributed by atoms with Gasteiger partial charge < -0.3 is 19.3 Å². The van der Waals surface area contributed by atoms with Crippen molar-refractivity contribution >= 4 is 33.7 Å². The van der Waals surface area contributed by atoms with Crippen LogP contribution in [0.4, 0.5) is 0 Å². The summed E-state index contributed by atoms with van der Waals surface area (Å²) in [4.78, 5) is 57.4. The molecule has 0 bridgehead atoms. The van der Waals surface area contributed by atoms with Gasteiger partial charge in [0, 0.05) is 12.1 Å². The molecule has 2 heterocycles. The van der Waals surface area contributed by atoms with Gasteiger partial charge in [-0.15, -0.1) is 0 Å². The number of ether oxygens (including phenoxy) is 3. The molecule has 0 unspecified atom stereocenters. The molecule has 0 atom stereocenters. The van der Waals surface area contributed by atoms with E-state index in [0.29, 0.717) is 38.9 Å². The van der Waals surface area contributed by atoms with Crippen molar-refractivity contribution < 1.29 is 28.9 Å². The average molecular weight is 877 g/mol. The molecule has 336 valence electrons. The third-order valence-electron chi connectivity index (χ3n) is 9.01. The monoisotopic (exact) mass is 876 g/mol. The molecule has 8 aromatic rings. The lowest BCUT2D eigenvalue weighted by Gasteiger charge is -2.10. The zero-order chi connectivity index (χ0) is 45.1. The maximum Gasteiger partial charge on any atom is 0.338 e. The number of nitrogens with zero attached hydrogens (tertiary/aromatic N) is 4. The van der Waals surface area contributed by atoms with Gasteiger partial charge in [-0.05, 0) is 83.9 Å². The van der Waals surface area contributed by atoms with E-state index in [4.69, 9.17) is 19.3 Å². The van der Waals surface area contributed by atoms with Gasteiger partial charge in [0.1, 0.15) is 44.0 Å². The summed E-state index contributed by atoms with van der Waals surface area (Å²) in [6.07, 6.45) is 4.54. The van der Waals surface area contributed by atoms with Gasteiger partial charge in [0.25, 0.3) is 11.1 Å². The van der Waals surface area contributed by atoms with Gasteiger partial charge in [0.05, 0.1) is 44.3 Å². The predicted molar refractivity (Wildman–Crippen MR) is 260 cm³/mol. The van der Waals surface area contributed by atoms with E-state index in [1.807, 2.05) is 94.4 Å². The van der Waals surface area contributed by atoms with Crippen LogP contribution in [0.2, 0.25) is 0 Å². The SMILES string of the molecule is C.C.C=CCOC(=O)c1cccc(COc2ccc3c(=O)n(-c4ccccc4)cnc3c2)c1.CC.CC.O=C(O)c1cccc(COc2ccc3c(=O)n(-c4ccccc4)cnc3c2)c1. The number of aromatic carboxylic acids is 1. The average Bonchev–Trinajstić information content (AvgIpc) is 3.34. The Balaban J connectivity index is 0.000000313. The molecule has 0 aliphatic rings. The highest BCUT2D eigenvalue weighted by Gasteiger charge is 2.11. The second-order valence-electron chi connectivity index (χ2n) is 13.0. The zero-order valence-corrected chi connectivity index (χ0v) is 35.5. The van der Waals surface area contributed by atoms with Crippen molar-refractivity contribution in [2.24, 2.45) is 0 Å². The topological polar surface area (TPSA) is 152 Å². The van der Waals surface area contributed by atoms with Gasteiger partial charge in [-0.2, -0.15) is 0 Å². The standard InChI is InChI=1S/C25H20N2O4.C22H16N2O4.2C2H6.2CH4/c1-2-13-30-25(29)19-8-6-7-18(14-19)16-31-21-11-12-22-23(15-21)26-17-27(24(22)28)20-9-4-3-5-10-20;25-21-19-10-9-18(28-13-15-5-4-6-16(11-15)22(26)27)12-20(19)23-14-24(21)17-7-2-1-3-8-17;2*1-2;;/h2-12,14-15,17H,1,13,16H2;1-12,14H,13H2,(H,26,27);2*1-2H3;2*1H4. The van der Waals surface area contributed by atoms with Crippen LogP contribution < -0.4 is 20.6 Å². The number of carboxylic acids is 1. The predicted octanol–water partition coefficient (Wildman–Crippen LogP) is 11.3. The smallest absolute Gasteiger partial charge is 0.338 e. The fraction of sp³-hybridized carbons (Fsp3) is 0.170. The van der Waals surface area contributed by atoms with Crippen molar-refractivity contribution in [1.82, 2.24) is 19.1 Å². The van der Waals surface area contributed by atoms with Gasteiger partial charge in [-0.3, -0.25) is 18.7 Å². The molecule has 1 N–H and O–H groups in total. The van der Waals surface area contributed by atoms with E-state index in [2.05, 4.69) is 16.5 Å². The van der Waals surface area contributed by atoms with Crippen LogP contribution in [0.1, 0.15) is 74.4 Å². The molecule has 0 spiro atoms. The largest absolute Gasteiger partial charge is 0.489 e. The second-order valence-corrected chi connectivity index (χ2v) is 13.0. The van der Waals surface area contributed by atoms with Crippen LogP contribution >= 0.6 is 0 Å². The molecule has 12 nitrogen and oxygen atoms in total. The van der Waals surface area contributed by atoms with Gasteiger partial charge in [-0.25, -0.2) is 19.6 Å². The first-order chi connectivity index (χ1) is 30.8. The number of carbonyl (C=O) groups excluding carboxylic acids is 1. The molecule has 0 aliphatic heterocycles. The molecule has 0 fully saturated rings. The van der Waals surface area contributed by atoms with Gasteiger partial charge >= 0.3 is 11.9 Å². The summed E-state index contributed by atoms with van der Waals surface area (Å²) < 4.78 is 19.7. The van der Waals surface area contributed by atoms with Crippen molar-refractivity contribution in [3.8, 4) is 22.9 Å². The Morgan fingerprint density at radius 2 is 1.02 bits per heavy atom. The number of rotatable bonds is 12. The van der Waals surface area contributed by atoms with Gasteiger partial charge in [-0.1, -0.05) is 116 Å². The fourth-order valence-electron chi connectivity index (χ4n) is 6.06. The lowest BCUT2D eigenvalue weighted by Crippen LogP contribution is -2.18. The summed E-state index contributed by atoms with van der Waals surface area (Å²) in [5.74, 6) is -0.258. The minimum Gasteiger partial charge on any atom is -0.489 e. The number of hydrogen-bond acceptors (Lipinski definition) is 9. The third-order valence-corrected chi connectivity index (χ3v) is 9.01. The third kappa shape index (κ3) is 13.4. The van der Waals surface area contributed by atoms with E-state index < -0.39 is 11.9 Å². The number of hydrogen-bond donors (Lipinski definition) is 1. The van der Waals surface area contributed by atoms with Gasteiger partial charge in [0.15, 0.2) is 0 Å². The lowest BCUT2D eigenvalue weighted by molar-refractivity contribution is 0.0549. The highest BCUT2D eigenvalue weighted by Crippen LogP contribution is 2.21. The zero-order valence-electron chi connectivity index (χ0n) is 35.5. The van der Waals surface area contributed by atoms with E-state index in [-0.39, 0.29) is 51.4 Å². The number of carboxylic acid groups (broad SMARTS) is 1. The number of fused-ring (bicyclic) bond motifs is 2. The van der Waals surface area contributed by atoms with Crippen LogP contribution in [0.25, 0.3) is 33.2 Å². The van der Waals surface area contributed by atoms with Crippen LogP contribution in [0.3, 0.4) is 0 Å². The van der Waals surface area contributed by atoms with Crippen LogP contribution in [0.5, 0.6) is 11.5 Å². The summed E-state index contributed by atoms with van der Waals surface area (Å²) in [6, 6.07) is 42.6. The molecular weight excluding hydrogens is 821 g/mol. The number of aromatic nitrogens is 4. The van der Waals surface area contributed by atoms with Crippen LogP contribution in [0, 0.1) is 0 Å². The summed E-state index contributed by atoms with van der Waals surface area (Å²) in [6.45, 7) is 12.2. The van der Waals surface area contributed by atoms with Crippen molar-refractivity contribution in [3.05, 3.63) is 214 Å². The van der Waals surface area contributed by atoms with E-state index in [1.54, 1.807) is 72.8 Å². The maximum absolute atomic E-state index is 12.8. The van der Waals surface area contributed by atoms with Crippen molar-refractivity contribution in [1.29, 1.82) is 0 Å². The molecule has 6 aromatic carbocycles. The Bertz CT molecular complexity index is 2910. The molecule has 0 saturated carbocycles. The molecule has 8 rings (SSSR count). The molecular formula is C53H56N4O8. The Hall–Kier alpha value is -8.12. The Kier molecular flexibility index (Phi) is 20.3. The molecule has 12 heteroatoms. The van der Waals surface area contributed by atoms with Crippen molar-refractivity contribution in [2.75, 3.05) is 6.61 Å². The van der Waals surface area contributed by atoms with E-state index in [9.17, 15) is 19.2 Å². The summed E-state index contributed by atoms with van der Waals surface area (Å²) in [5.41, 5.74) is 4.52. The van der Waals surface area contributed by atoms with Crippen LogP contribution in [-0.2, 0) is 18.0 Å². The number of benzene rings is 6. The first-order valence-electron chi connectivity index (χ1n) is 20.4. The minimum absolute atomic E-state index is 0. The summed E-state index contributed by atoms with van der Waals surface area (Å²) in [7, 11) is 0. The normalized spacial score (nSPS) is 9.85. The number of para-hydroxylation sites is 2. The van der Waals surface area contributed by atoms with Crippen molar-refractivity contribution in [2.45, 2.75) is 55.8 Å². The minimum atomic E-state index is -0.980. The summed E-state index contributed by atoms with van der Waals surface area (Å²) >= 11 is 0. The molecule has 0 aliphatic carbocycles. The van der Waals surface area contributed by atoms with E-state index in [0.717, 1.165) is 22.5 Å². The Morgan fingerprint density at radius 3 is 1.45 bits per heavy atom. The fourth-order valence-corrected chi connectivity index (χ4v) is 6.06. The first-order valence-corrected chi connectivity index (χ1v) is 20.4. The Morgan fingerprint density at radius 1 is 0.585 bits per heavy atom. The van der Waals surface area contributed by atoms with Crippen molar-refractivity contribution in [3.63, 3.8) is 0 Å². The molecule has 2 aromatic heterocycles. The molecule has 0 saturated heterocycles. The van der Waals surface area contributed by atoms with E-state index >= 15 is 0 Å². The van der Waals surface area contributed by atoms with Gasteiger partial charge in [0.2, 0.25) is 0 Å². The first kappa shape index (κ1) is 51.2. The second kappa shape index (κ2) is 25.7. The Labute approximate surface area is 379 Å². The molecule has 0 radical (unpaired) electrons. The number of carbonyl (C=O) groups is 2.